The van der Waals surface area contributed by atoms with Gasteiger partial charge in [-0.2, -0.15) is 4.98 Å². The highest BCUT2D eigenvalue weighted by atomic mass is 31.2. The molecule has 5 N–H and O–H groups in total. The molecule has 0 spiro atoms. The normalized spacial score (nSPS) is 20.9. The molecule has 3 rings (SSSR count). The van der Waals surface area contributed by atoms with Gasteiger partial charge in [0, 0.05) is 23.7 Å². The third-order valence-corrected chi connectivity index (χ3v) is 4.78. The van der Waals surface area contributed by atoms with E-state index in [4.69, 9.17) is 26.7 Å². The van der Waals surface area contributed by atoms with Crippen LogP contribution in [0.15, 0.2) is 35.3 Å². The van der Waals surface area contributed by atoms with Gasteiger partial charge in [-0.05, 0) is 24.3 Å². The highest BCUT2D eigenvalue weighted by molar-refractivity contribution is 7.46. The van der Waals surface area contributed by atoms with Crippen LogP contribution in [0, 0.1) is 24.2 Å². The third kappa shape index (κ3) is 5.35. The van der Waals surface area contributed by atoms with Crippen molar-refractivity contribution in [1.29, 1.82) is 0 Å². The molecule has 156 valence electrons. The van der Waals surface area contributed by atoms with Crippen molar-refractivity contribution in [3.05, 3.63) is 57.6 Å². The lowest BCUT2D eigenvalue weighted by Crippen LogP contribution is -2.29. The van der Waals surface area contributed by atoms with Crippen molar-refractivity contribution in [2.24, 2.45) is 0 Å². The average molecular weight is 431 g/mol. The molecule has 0 unspecified atom stereocenters. The van der Waals surface area contributed by atoms with Crippen LogP contribution in [0.3, 0.4) is 0 Å². The highest BCUT2D eigenvalue weighted by Crippen LogP contribution is 2.38. The lowest BCUT2D eigenvalue weighted by atomic mass is 10.1. The molecule has 1 aliphatic heterocycles. The summed E-state index contributed by atoms with van der Waals surface area (Å²) in [6.45, 7) is -0.542. The Labute approximate surface area is 171 Å². The van der Waals surface area contributed by atoms with Crippen LogP contribution in [0.25, 0.3) is 0 Å². The largest absolute Gasteiger partial charge is 0.469 e. The molecule has 1 aliphatic rings. The number of aromatic nitrogens is 2. The molecule has 0 amide bonds. The summed E-state index contributed by atoms with van der Waals surface area (Å²) in [7, 11) is -4.72. The predicted molar refractivity (Wildman–Crippen MR) is 106 cm³/mol. The number of aliphatic hydroxyl groups excluding tert-OH is 1. The highest BCUT2D eigenvalue weighted by Gasteiger charge is 2.37. The number of nitrogens with zero attached hydrogens (tertiary/aromatic N) is 2. The SMILES string of the molecule is C#Cc1ccc(C#Cc2cn([C@H]3C[C@H](O)[C@@H](COP(=O)(O)O)O3)c(=O)nc2N)cc1. The number of phosphoric acid groups is 1. The number of hydrogen-bond donors (Lipinski definition) is 4. The van der Waals surface area contributed by atoms with Crippen LogP contribution in [0.5, 0.6) is 0 Å². The summed E-state index contributed by atoms with van der Waals surface area (Å²) in [4.78, 5) is 33.6. The van der Waals surface area contributed by atoms with E-state index in [1.54, 1.807) is 24.3 Å². The van der Waals surface area contributed by atoms with Gasteiger partial charge in [-0.15, -0.1) is 6.42 Å². The number of anilines is 1. The van der Waals surface area contributed by atoms with Crippen LogP contribution >= 0.6 is 7.82 Å². The first-order valence-corrected chi connectivity index (χ1v) is 10.2. The Morgan fingerprint density at radius 1 is 1.30 bits per heavy atom. The number of ether oxygens (including phenoxy) is 1. The Morgan fingerprint density at radius 2 is 1.97 bits per heavy atom. The zero-order valence-electron chi connectivity index (χ0n) is 15.5. The van der Waals surface area contributed by atoms with E-state index in [-0.39, 0.29) is 17.8 Å². The maximum atomic E-state index is 12.2. The first kappa shape index (κ1) is 21.8. The minimum absolute atomic E-state index is 0.0128. The first-order chi connectivity index (χ1) is 14.2. The zero-order valence-corrected chi connectivity index (χ0v) is 16.4. The van der Waals surface area contributed by atoms with E-state index < -0.39 is 38.6 Å². The maximum absolute atomic E-state index is 12.2. The second kappa shape index (κ2) is 8.82. The van der Waals surface area contributed by atoms with Crippen LogP contribution in [0.2, 0.25) is 0 Å². The van der Waals surface area contributed by atoms with Crippen molar-refractivity contribution < 1.29 is 28.7 Å². The lowest BCUT2D eigenvalue weighted by Gasteiger charge is -2.16. The fourth-order valence-electron chi connectivity index (χ4n) is 2.78. The van der Waals surface area contributed by atoms with Gasteiger partial charge < -0.3 is 25.4 Å². The summed E-state index contributed by atoms with van der Waals surface area (Å²) in [5.74, 6) is 8.16. The van der Waals surface area contributed by atoms with Gasteiger partial charge in [-0.3, -0.25) is 9.09 Å². The Bertz CT molecular complexity index is 1140. The van der Waals surface area contributed by atoms with Crippen LogP contribution in [-0.2, 0) is 13.8 Å². The molecule has 2 heterocycles. The Kier molecular flexibility index (Phi) is 6.40. The molecule has 0 saturated carbocycles. The minimum Gasteiger partial charge on any atom is -0.390 e. The van der Waals surface area contributed by atoms with Gasteiger partial charge in [0.15, 0.2) is 0 Å². The molecular weight excluding hydrogens is 413 g/mol. The molecule has 1 fully saturated rings. The summed E-state index contributed by atoms with van der Waals surface area (Å²) in [5, 5.41) is 10.1. The second-order valence-corrected chi connectivity index (χ2v) is 7.66. The van der Waals surface area contributed by atoms with E-state index >= 15 is 0 Å². The molecule has 11 heteroatoms. The third-order valence-electron chi connectivity index (χ3n) is 4.30. The smallest absolute Gasteiger partial charge is 0.390 e. The summed E-state index contributed by atoms with van der Waals surface area (Å²) in [6.07, 6.45) is 3.60. The Balaban J connectivity index is 1.82. The quantitative estimate of drug-likeness (QED) is 0.385. The number of nitrogen functional groups attached to an aromatic ring is 1. The van der Waals surface area contributed by atoms with E-state index in [1.807, 2.05) is 0 Å². The van der Waals surface area contributed by atoms with Crippen LogP contribution in [0.1, 0.15) is 29.3 Å². The number of aliphatic hydroxyl groups is 1. The molecule has 1 aromatic heterocycles. The molecule has 1 saturated heterocycles. The summed E-state index contributed by atoms with van der Waals surface area (Å²) < 4.78 is 21.8. The first-order valence-electron chi connectivity index (χ1n) is 8.67. The van der Waals surface area contributed by atoms with Crippen molar-refractivity contribution >= 4 is 13.6 Å². The summed E-state index contributed by atoms with van der Waals surface area (Å²) in [6, 6.07) is 6.95. The molecule has 0 bridgehead atoms. The molecule has 1 aromatic carbocycles. The lowest BCUT2D eigenvalue weighted by molar-refractivity contribution is -0.0450. The molecular formula is C19H18N3O7P. The van der Waals surface area contributed by atoms with Gasteiger partial charge in [0.25, 0.3) is 0 Å². The fourth-order valence-corrected chi connectivity index (χ4v) is 3.12. The monoisotopic (exact) mass is 431 g/mol. The van der Waals surface area contributed by atoms with Crippen LogP contribution < -0.4 is 11.4 Å². The van der Waals surface area contributed by atoms with Gasteiger partial charge in [-0.25, -0.2) is 9.36 Å². The van der Waals surface area contributed by atoms with Gasteiger partial charge >= 0.3 is 13.5 Å². The standard InChI is InChI=1S/C19H18N3O7P/c1-2-12-3-5-13(6-4-12)7-8-14-10-22(19(24)21-18(14)20)17-9-15(23)16(29-17)11-28-30(25,26)27/h1,3-6,10,15-17,23H,9,11H2,(H2,20,21,24)(H2,25,26,27)/t15-,16+,17+/m0/s1. The van der Waals surface area contributed by atoms with Gasteiger partial charge in [-0.1, -0.05) is 17.8 Å². The number of phosphoric ester groups is 1. The van der Waals surface area contributed by atoms with E-state index in [0.717, 1.165) is 4.57 Å². The van der Waals surface area contributed by atoms with Gasteiger partial charge in [0.1, 0.15) is 18.1 Å². The van der Waals surface area contributed by atoms with E-state index in [2.05, 4.69) is 27.3 Å². The topological polar surface area (TPSA) is 157 Å². The predicted octanol–water partition coefficient (Wildman–Crippen LogP) is -0.0357. The molecule has 2 aromatic rings. The number of hydrogen-bond acceptors (Lipinski definition) is 7. The van der Waals surface area contributed by atoms with Crippen molar-refractivity contribution in [1.82, 2.24) is 9.55 Å². The fraction of sp³-hybridized carbons (Fsp3) is 0.263. The van der Waals surface area contributed by atoms with Crippen molar-refractivity contribution in [2.45, 2.75) is 24.9 Å². The van der Waals surface area contributed by atoms with E-state index in [1.165, 1.54) is 6.20 Å². The summed E-state index contributed by atoms with van der Waals surface area (Å²) in [5.41, 5.74) is 6.74. The zero-order chi connectivity index (χ0) is 21.9. The molecule has 30 heavy (non-hydrogen) atoms. The minimum atomic E-state index is -4.72. The number of benzene rings is 1. The van der Waals surface area contributed by atoms with Crippen LogP contribution in [-0.4, -0.2) is 43.3 Å². The van der Waals surface area contributed by atoms with E-state index in [0.29, 0.717) is 11.1 Å². The van der Waals surface area contributed by atoms with Gasteiger partial charge in [0.05, 0.1) is 18.3 Å². The summed E-state index contributed by atoms with van der Waals surface area (Å²) >= 11 is 0. The van der Waals surface area contributed by atoms with Gasteiger partial charge in [0.2, 0.25) is 0 Å². The second-order valence-electron chi connectivity index (χ2n) is 6.42. The van der Waals surface area contributed by atoms with E-state index in [9.17, 15) is 14.5 Å². The maximum Gasteiger partial charge on any atom is 0.469 e. The Morgan fingerprint density at radius 3 is 2.60 bits per heavy atom. The molecule has 0 aliphatic carbocycles. The molecule has 10 nitrogen and oxygen atoms in total. The number of nitrogens with two attached hydrogens (primary N) is 1. The van der Waals surface area contributed by atoms with Crippen molar-refractivity contribution in [3.63, 3.8) is 0 Å². The van der Waals surface area contributed by atoms with Crippen LogP contribution in [0.4, 0.5) is 5.82 Å². The molecule has 3 atom stereocenters. The van der Waals surface area contributed by atoms with Crippen molar-refractivity contribution in [2.75, 3.05) is 12.3 Å². The number of terminal acetylenes is 1. The number of rotatable bonds is 4. The van der Waals surface area contributed by atoms with Crippen molar-refractivity contribution in [3.8, 4) is 24.2 Å². The average Bonchev–Trinajstić information content (AvgIpc) is 3.06. The Hall–Kier alpha value is -2.95. The molecule has 0 radical (unpaired) electrons.